The Balaban J connectivity index is 2.05. The van der Waals surface area contributed by atoms with E-state index in [0.29, 0.717) is 26.2 Å². The van der Waals surface area contributed by atoms with Crippen LogP contribution in [0.1, 0.15) is 11.4 Å². The molecule has 106 valence electrons. The Labute approximate surface area is 117 Å². The summed E-state index contributed by atoms with van der Waals surface area (Å²) in [5.74, 6) is 3.14. The highest BCUT2D eigenvalue weighted by Gasteiger charge is 2.18. The van der Waals surface area contributed by atoms with Crippen LogP contribution in [0.5, 0.6) is 11.5 Å². The Morgan fingerprint density at radius 2 is 1.95 bits per heavy atom. The number of aryl methyl sites for hydroxylation is 2. The van der Waals surface area contributed by atoms with Gasteiger partial charge in [-0.05, 0) is 31.2 Å². The van der Waals surface area contributed by atoms with E-state index in [4.69, 9.17) is 15.2 Å². The van der Waals surface area contributed by atoms with Crippen molar-refractivity contribution in [3.63, 3.8) is 0 Å². The average molecular weight is 274 g/mol. The Kier molecular flexibility index (Phi) is 3.31. The zero-order valence-electron chi connectivity index (χ0n) is 11.7. The van der Waals surface area contributed by atoms with Crippen LogP contribution >= 0.6 is 0 Å². The molecule has 6 nitrogen and oxygen atoms in total. The Bertz CT molecular complexity index is 636. The third kappa shape index (κ3) is 2.22. The minimum Gasteiger partial charge on any atom is -0.486 e. The van der Waals surface area contributed by atoms with Crippen molar-refractivity contribution in [2.24, 2.45) is 12.8 Å². The molecule has 2 aromatic rings. The number of benzene rings is 1. The second-order valence-electron chi connectivity index (χ2n) is 4.82. The molecule has 2 heterocycles. The number of nitrogens with zero attached hydrogens (tertiary/aromatic N) is 3. The first-order valence-electron chi connectivity index (χ1n) is 6.69. The van der Waals surface area contributed by atoms with Gasteiger partial charge in [-0.25, -0.2) is 9.67 Å². The summed E-state index contributed by atoms with van der Waals surface area (Å²) in [5.41, 5.74) is 7.65. The second kappa shape index (κ2) is 5.13. The molecule has 1 aromatic carbocycles. The average Bonchev–Trinajstić information content (AvgIpc) is 2.79. The molecule has 0 fully saturated rings. The van der Waals surface area contributed by atoms with Crippen LogP contribution in [0.15, 0.2) is 12.1 Å². The van der Waals surface area contributed by atoms with Gasteiger partial charge in [0.25, 0.3) is 0 Å². The molecular weight excluding hydrogens is 256 g/mol. The minimum atomic E-state index is 0.545. The van der Waals surface area contributed by atoms with Crippen LogP contribution in [-0.4, -0.2) is 34.5 Å². The summed E-state index contributed by atoms with van der Waals surface area (Å²) in [7, 11) is 1.89. The topological polar surface area (TPSA) is 75.2 Å². The van der Waals surface area contributed by atoms with Gasteiger partial charge in [-0.2, -0.15) is 5.10 Å². The summed E-state index contributed by atoms with van der Waals surface area (Å²) in [5, 5.41) is 4.38. The quantitative estimate of drug-likeness (QED) is 0.906. The largest absolute Gasteiger partial charge is 0.486 e. The monoisotopic (exact) mass is 274 g/mol. The first kappa shape index (κ1) is 12.9. The van der Waals surface area contributed by atoms with Crippen LogP contribution in [0.3, 0.4) is 0 Å². The molecule has 0 aliphatic carbocycles. The minimum absolute atomic E-state index is 0.545. The molecule has 3 rings (SSSR count). The van der Waals surface area contributed by atoms with Crippen molar-refractivity contribution in [1.82, 2.24) is 14.8 Å². The van der Waals surface area contributed by atoms with Crippen molar-refractivity contribution < 1.29 is 9.47 Å². The van der Waals surface area contributed by atoms with E-state index in [1.54, 1.807) is 4.68 Å². The van der Waals surface area contributed by atoms with Crippen molar-refractivity contribution in [2.45, 2.75) is 13.3 Å². The van der Waals surface area contributed by atoms with E-state index in [1.165, 1.54) is 0 Å². The van der Waals surface area contributed by atoms with E-state index in [0.717, 1.165) is 34.3 Å². The number of rotatable bonds is 3. The van der Waals surface area contributed by atoms with Crippen LogP contribution in [0.25, 0.3) is 11.4 Å². The highest BCUT2D eigenvalue weighted by atomic mass is 16.6. The molecule has 0 atom stereocenters. The maximum atomic E-state index is 5.63. The Morgan fingerprint density at radius 3 is 2.65 bits per heavy atom. The fourth-order valence-corrected chi connectivity index (χ4v) is 2.34. The predicted octanol–water partition coefficient (Wildman–Crippen LogP) is 1.06. The van der Waals surface area contributed by atoms with E-state index >= 15 is 0 Å². The van der Waals surface area contributed by atoms with E-state index in [2.05, 4.69) is 10.1 Å². The van der Waals surface area contributed by atoms with Crippen LogP contribution in [-0.2, 0) is 13.5 Å². The van der Waals surface area contributed by atoms with E-state index in [1.807, 2.05) is 26.1 Å². The first-order valence-corrected chi connectivity index (χ1v) is 6.69. The lowest BCUT2D eigenvalue weighted by molar-refractivity contribution is 0.171. The van der Waals surface area contributed by atoms with Crippen molar-refractivity contribution in [1.29, 1.82) is 0 Å². The molecule has 6 heteroatoms. The zero-order chi connectivity index (χ0) is 14.1. The maximum Gasteiger partial charge on any atom is 0.162 e. The normalized spacial score (nSPS) is 13.6. The number of hydrogen-bond acceptors (Lipinski definition) is 5. The van der Waals surface area contributed by atoms with Gasteiger partial charge >= 0.3 is 0 Å². The SMILES string of the molecule is Cc1cc2c(cc1-c1nc(CCN)nn1C)OCCO2. The highest BCUT2D eigenvalue weighted by molar-refractivity contribution is 5.66. The van der Waals surface area contributed by atoms with Crippen molar-refractivity contribution in [3.05, 3.63) is 23.5 Å². The van der Waals surface area contributed by atoms with E-state index < -0.39 is 0 Å². The molecule has 1 aromatic heterocycles. The number of fused-ring (bicyclic) bond motifs is 1. The third-order valence-corrected chi connectivity index (χ3v) is 3.30. The van der Waals surface area contributed by atoms with Gasteiger partial charge in [0, 0.05) is 19.0 Å². The van der Waals surface area contributed by atoms with E-state index in [9.17, 15) is 0 Å². The summed E-state index contributed by atoms with van der Waals surface area (Å²) >= 11 is 0. The van der Waals surface area contributed by atoms with Gasteiger partial charge in [0.1, 0.15) is 13.2 Å². The van der Waals surface area contributed by atoms with Crippen LogP contribution in [0, 0.1) is 6.92 Å². The summed E-state index contributed by atoms with van der Waals surface area (Å²) < 4.78 is 13.0. The standard InChI is InChI=1S/C14H18N4O2/c1-9-7-11-12(20-6-5-19-11)8-10(9)14-16-13(3-4-15)17-18(14)2/h7-8H,3-6,15H2,1-2H3. The lowest BCUT2D eigenvalue weighted by atomic mass is 10.1. The molecule has 0 radical (unpaired) electrons. The van der Waals surface area contributed by atoms with Crippen LogP contribution in [0.4, 0.5) is 0 Å². The molecule has 0 saturated heterocycles. The first-order chi connectivity index (χ1) is 9.69. The van der Waals surface area contributed by atoms with Gasteiger partial charge < -0.3 is 15.2 Å². The summed E-state index contributed by atoms with van der Waals surface area (Å²) in [6.07, 6.45) is 0.678. The van der Waals surface area contributed by atoms with Gasteiger partial charge in [0.05, 0.1) is 0 Å². The zero-order valence-corrected chi connectivity index (χ0v) is 11.7. The molecule has 1 aliphatic heterocycles. The molecule has 0 spiro atoms. The van der Waals surface area contributed by atoms with Gasteiger partial charge in [0.15, 0.2) is 23.1 Å². The third-order valence-electron chi connectivity index (χ3n) is 3.30. The molecular formula is C14H18N4O2. The lowest BCUT2D eigenvalue weighted by Crippen LogP contribution is -2.15. The lowest BCUT2D eigenvalue weighted by Gasteiger charge is -2.20. The highest BCUT2D eigenvalue weighted by Crippen LogP contribution is 2.36. The fourth-order valence-electron chi connectivity index (χ4n) is 2.34. The smallest absolute Gasteiger partial charge is 0.162 e. The second-order valence-corrected chi connectivity index (χ2v) is 4.82. The fraction of sp³-hybridized carbons (Fsp3) is 0.429. The van der Waals surface area contributed by atoms with Gasteiger partial charge in [-0.15, -0.1) is 0 Å². The molecule has 0 unspecified atom stereocenters. The van der Waals surface area contributed by atoms with Crippen LogP contribution < -0.4 is 15.2 Å². The van der Waals surface area contributed by atoms with Crippen molar-refractivity contribution in [3.8, 4) is 22.9 Å². The molecule has 0 amide bonds. The van der Waals surface area contributed by atoms with Crippen molar-refractivity contribution in [2.75, 3.05) is 19.8 Å². The molecule has 2 N–H and O–H groups in total. The molecule has 1 aliphatic rings. The summed E-state index contributed by atoms with van der Waals surface area (Å²) in [4.78, 5) is 4.56. The predicted molar refractivity (Wildman–Crippen MR) is 74.9 cm³/mol. The van der Waals surface area contributed by atoms with Crippen molar-refractivity contribution >= 4 is 0 Å². The van der Waals surface area contributed by atoms with Gasteiger partial charge in [-0.3, -0.25) is 0 Å². The molecule has 20 heavy (non-hydrogen) atoms. The van der Waals surface area contributed by atoms with Gasteiger partial charge in [-0.1, -0.05) is 0 Å². The maximum absolute atomic E-state index is 5.63. The van der Waals surface area contributed by atoms with E-state index in [-0.39, 0.29) is 0 Å². The van der Waals surface area contributed by atoms with Gasteiger partial charge in [0.2, 0.25) is 0 Å². The molecule has 0 saturated carbocycles. The molecule has 0 bridgehead atoms. The summed E-state index contributed by atoms with van der Waals surface area (Å²) in [6, 6.07) is 3.96. The number of aromatic nitrogens is 3. The summed E-state index contributed by atoms with van der Waals surface area (Å²) in [6.45, 7) is 3.75. The number of ether oxygens (including phenoxy) is 2. The number of nitrogens with two attached hydrogens (primary N) is 1. The number of hydrogen-bond donors (Lipinski definition) is 1. The van der Waals surface area contributed by atoms with Crippen LogP contribution in [0.2, 0.25) is 0 Å². The Morgan fingerprint density at radius 1 is 1.25 bits per heavy atom. The Hall–Kier alpha value is -2.08.